The van der Waals surface area contributed by atoms with Crippen LogP contribution in [0.25, 0.3) is 0 Å². The first-order valence-electron chi connectivity index (χ1n) is 7.48. The summed E-state index contributed by atoms with van der Waals surface area (Å²) < 4.78 is 1.11. The number of rotatable bonds is 1. The Bertz CT molecular complexity index is 659. The Morgan fingerprint density at radius 2 is 1.43 bits per heavy atom. The van der Waals surface area contributed by atoms with Crippen LogP contribution in [0, 0.1) is 39.1 Å². The van der Waals surface area contributed by atoms with Crippen LogP contribution in [0.4, 0.5) is 5.69 Å². The molecular weight excluding hydrogens is 377 g/mol. The molecular formula is C17H14INO2. The number of nitrogens with zero attached hydrogens (tertiary/aromatic N) is 1. The summed E-state index contributed by atoms with van der Waals surface area (Å²) in [7, 11) is 0. The summed E-state index contributed by atoms with van der Waals surface area (Å²) in [5.74, 6) is 1.77. The first kappa shape index (κ1) is 12.4. The quantitative estimate of drug-likeness (QED) is 0.420. The highest BCUT2D eigenvalue weighted by Gasteiger charge is 2.67. The molecule has 3 fully saturated rings. The molecule has 0 spiro atoms. The maximum Gasteiger partial charge on any atom is 0.238 e. The van der Waals surface area contributed by atoms with Crippen LogP contribution in [0.2, 0.25) is 0 Å². The predicted octanol–water partition coefficient (Wildman–Crippen LogP) is 2.85. The average molecular weight is 391 g/mol. The summed E-state index contributed by atoms with van der Waals surface area (Å²) in [6, 6.07) is 7.65. The van der Waals surface area contributed by atoms with E-state index in [9.17, 15) is 9.59 Å². The maximum atomic E-state index is 12.9. The summed E-state index contributed by atoms with van der Waals surface area (Å²) in [6.07, 6.45) is 5.63. The molecule has 1 aromatic carbocycles. The summed E-state index contributed by atoms with van der Waals surface area (Å²) in [5, 5.41) is 0. The van der Waals surface area contributed by atoms with Gasteiger partial charge in [0, 0.05) is 3.57 Å². The third-order valence-electron chi connectivity index (χ3n) is 5.75. The molecule has 0 aromatic heterocycles. The van der Waals surface area contributed by atoms with E-state index >= 15 is 0 Å². The second-order valence-corrected chi connectivity index (χ2v) is 7.89. The molecule has 2 bridgehead atoms. The van der Waals surface area contributed by atoms with Gasteiger partial charge in [0.25, 0.3) is 0 Å². The minimum atomic E-state index is -0.101. The lowest BCUT2D eigenvalue weighted by atomic mass is 9.63. The van der Waals surface area contributed by atoms with Gasteiger partial charge in [-0.25, -0.2) is 0 Å². The zero-order valence-corrected chi connectivity index (χ0v) is 13.4. The Hall–Kier alpha value is -1.17. The number of anilines is 1. The first-order valence-corrected chi connectivity index (χ1v) is 8.56. The molecule has 4 aliphatic carbocycles. The molecule has 6 atom stereocenters. The normalized spacial score (nSPS) is 42.2. The molecule has 0 N–H and O–H groups in total. The largest absolute Gasteiger partial charge is 0.274 e. The van der Waals surface area contributed by atoms with Crippen molar-refractivity contribution in [2.45, 2.75) is 6.42 Å². The van der Waals surface area contributed by atoms with Gasteiger partial charge in [0.2, 0.25) is 11.8 Å². The van der Waals surface area contributed by atoms with Crippen molar-refractivity contribution >= 4 is 40.1 Å². The van der Waals surface area contributed by atoms with Gasteiger partial charge in [0.1, 0.15) is 0 Å². The lowest BCUT2D eigenvalue weighted by Gasteiger charge is -2.37. The van der Waals surface area contributed by atoms with Crippen molar-refractivity contribution in [1.29, 1.82) is 0 Å². The third kappa shape index (κ3) is 1.49. The molecule has 2 saturated carbocycles. The maximum absolute atomic E-state index is 12.9. The molecule has 2 amide bonds. The molecule has 1 saturated heterocycles. The van der Waals surface area contributed by atoms with E-state index in [0.717, 1.165) is 9.26 Å². The van der Waals surface area contributed by atoms with E-state index in [1.54, 1.807) is 0 Å². The molecule has 3 nitrogen and oxygen atoms in total. The fourth-order valence-corrected chi connectivity index (χ4v) is 5.16. The molecule has 0 radical (unpaired) electrons. The lowest BCUT2D eigenvalue weighted by molar-refractivity contribution is -0.124. The van der Waals surface area contributed by atoms with E-state index in [2.05, 4.69) is 34.7 Å². The first-order chi connectivity index (χ1) is 10.2. The van der Waals surface area contributed by atoms with Crippen molar-refractivity contribution in [1.82, 2.24) is 0 Å². The minimum Gasteiger partial charge on any atom is -0.274 e. The van der Waals surface area contributed by atoms with Crippen LogP contribution < -0.4 is 4.90 Å². The number of carbonyl (C=O) groups is 2. The van der Waals surface area contributed by atoms with Gasteiger partial charge in [0.15, 0.2) is 0 Å². The smallest absolute Gasteiger partial charge is 0.238 e. The number of halogens is 1. The summed E-state index contributed by atoms with van der Waals surface area (Å²) >= 11 is 2.23. The zero-order valence-electron chi connectivity index (χ0n) is 11.3. The van der Waals surface area contributed by atoms with E-state index in [4.69, 9.17) is 0 Å². The van der Waals surface area contributed by atoms with E-state index in [1.807, 2.05) is 24.3 Å². The highest BCUT2D eigenvalue weighted by Crippen LogP contribution is 2.65. The molecule has 4 heteroatoms. The van der Waals surface area contributed by atoms with Crippen LogP contribution in [0.1, 0.15) is 6.42 Å². The molecule has 1 aliphatic heterocycles. The topological polar surface area (TPSA) is 37.4 Å². The van der Waals surface area contributed by atoms with Crippen molar-refractivity contribution in [2.75, 3.05) is 4.90 Å². The van der Waals surface area contributed by atoms with Gasteiger partial charge in [0.05, 0.1) is 17.5 Å². The average Bonchev–Trinajstić information content (AvgIpc) is 3.26. The molecule has 1 aromatic rings. The molecule has 5 aliphatic rings. The van der Waals surface area contributed by atoms with Gasteiger partial charge in [-0.3, -0.25) is 14.5 Å². The highest BCUT2D eigenvalue weighted by molar-refractivity contribution is 14.1. The fourth-order valence-electron chi connectivity index (χ4n) is 4.80. The molecule has 0 unspecified atom stereocenters. The number of amides is 2. The molecule has 6 rings (SSSR count). The van der Waals surface area contributed by atoms with Gasteiger partial charge in [-0.1, -0.05) is 12.2 Å². The Morgan fingerprint density at radius 1 is 0.905 bits per heavy atom. The summed E-state index contributed by atoms with van der Waals surface area (Å²) in [5.41, 5.74) is 0.730. The Balaban J connectivity index is 1.58. The van der Waals surface area contributed by atoms with E-state index < -0.39 is 0 Å². The third-order valence-corrected chi connectivity index (χ3v) is 6.47. The monoisotopic (exact) mass is 391 g/mol. The van der Waals surface area contributed by atoms with Crippen molar-refractivity contribution in [3.8, 4) is 0 Å². The van der Waals surface area contributed by atoms with Gasteiger partial charge < -0.3 is 0 Å². The second-order valence-electron chi connectivity index (χ2n) is 6.64. The fraction of sp³-hybridized carbons (Fsp3) is 0.412. The van der Waals surface area contributed by atoms with E-state index in [-0.39, 0.29) is 23.7 Å². The van der Waals surface area contributed by atoms with Crippen molar-refractivity contribution < 1.29 is 9.59 Å². The van der Waals surface area contributed by atoms with Crippen molar-refractivity contribution in [3.63, 3.8) is 0 Å². The summed E-state index contributed by atoms with van der Waals surface area (Å²) in [6.45, 7) is 0. The number of hydrogen-bond acceptors (Lipinski definition) is 2. The number of hydrogen-bond donors (Lipinski definition) is 0. The number of allylic oxidation sites excluding steroid dienone is 2. The van der Waals surface area contributed by atoms with Gasteiger partial charge in [-0.2, -0.15) is 0 Å². The lowest BCUT2D eigenvalue weighted by Crippen LogP contribution is -2.40. The number of carbonyl (C=O) groups excluding carboxylic acids is 2. The van der Waals surface area contributed by atoms with Crippen molar-refractivity contribution in [2.24, 2.45) is 35.5 Å². The van der Waals surface area contributed by atoms with Gasteiger partial charge >= 0.3 is 0 Å². The van der Waals surface area contributed by atoms with Crippen LogP contribution in [0.5, 0.6) is 0 Å². The van der Waals surface area contributed by atoms with Crippen LogP contribution in [0.3, 0.4) is 0 Å². The molecule has 21 heavy (non-hydrogen) atoms. The Kier molecular flexibility index (Phi) is 2.34. The zero-order chi connectivity index (χ0) is 14.3. The minimum absolute atomic E-state index is 0.0240. The second kappa shape index (κ2) is 3.97. The van der Waals surface area contributed by atoms with Gasteiger partial charge in [-0.15, -0.1) is 0 Å². The van der Waals surface area contributed by atoms with Crippen LogP contribution in [-0.4, -0.2) is 11.8 Å². The van der Waals surface area contributed by atoms with E-state index in [1.165, 1.54) is 11.3 Å². The molecule has 106 valence electrons. The van der Waals surface area contributed by atoms with Crippen LogP contribution in [0.15, 0.2) is 36.4 Å². The van der Waals surface area contributed by atoms with Crippen LogP contribution in [-0.2, 0) is 9.59 Å². The number of benzene rings is 1. The molecule has 1 heterocycles. The number of imide groups is 1. The highest BCUT2D eigenvalue weighted by atomic mass is 127. The van der Waals surface area contributed by atoms with Crippen LogP contribution >= 0.6 is 22.6 Å². The van der Waals surface area contributed by atoms with Gasteiger partial charge in [-0.05, 0) is 76.9 Å². The van der Waals surface area contributed by atoms with Crippen molar-refractivity contribution in [3.05, 3.63) is 40.0 Å². The van der Waals surface area contributed by atoms with E-state index in [0.29, 0.717) is 23.7 Å². The summed E-state index contributed by atoms with van der Waals surface area (Å²) in [4.78, 5) is 27.2. The SMILES string of the molecule is O=C1[C@@H]2[C@H]3C=C[C@H]([C@@H]4C[C@H]34)[C@@H]2C(=O)N1c1ccc(I)cc1. The Morgan fingerprint density at radius 3 is 1.95 bits per heavy atom. The Labute approximate surface area is 136 Å². The predicted molar refractivity (Wildman–Crippen MR) is 86.3 cm³/mol. The standard InChI is InChI=1S/C17H14INO2/c18-8-1-3-9(4-2-8)19-16(20)14-10-5-6-11(13-7-12(10)13)15(14)17(19)21/h1-6,10-15H,7H2/t10-,11+,12+,13-,14+,15-.